The van der Waals surface area contributed by atoms with Gasteiger partial charge in [-0.05, 0) is 34.7 Å². The third-order valence-electron chi connectivity index (χ3n) is 1.98. The molecule has 0 aliphatic heterocycles. The van der Waals surface area contributed by atoms with Crippen molar-refractivity contribution in [2.24, 2.45) is 0 Å². The minimum absolute atomic E-state index is 0.180. The van der Waals surface area contributed by atoms with Gasteiger partial charge >= 0.3 is 0 Å². The molecular weight excluding hydrogens is 321 g/mol. The maximum absolute atomic E-state index is 11.7. The number of hydrogen-bond donors (Lipinski definition) is 2. The first kappa shape index (κ1) is 13.4. The lowest BCUT2D eigenvalue weighted by Gasteiger charge is -2.11. The summed E-state index contributed by atoms with van der Waals surface area (Å²) in [7, 11) is 1.51. The topological polar surface area (TPSA) is 58.6 Å². The van der Waals surface area contributed by atoms with Crippen LogP contribution in [0.25, 0.3) is 0 Å². The fourth-order valence-corrected chi connectivity index (χ4v) is 1.83. The molecule has 1 aromatic carbocycles. The molecule has 1 unspecified atom stereocenters. The molecule has 0 bridgehead atoms. The van der Waals surface area contributed by atoms with E-state index in [1.165, 1.54) is 7.11 Å². The molecule has 1 atom stereocenters. The predicted octanol–water partition coefficient (Wildman–Crippen LogP) is 1.03. The Morgan fingerprint density at radius 1 is 1.56 bits per heavy atom. The van der Waals surface area contributed by atoms with E-state index in [0.717, 1.165) is 3.57 Å². The van der Waals surface area contributed by atoms with Crippen LogP contribution in [0, 0.1) is 3.57 Å². The number of amides is 1. The Morgan fingerprint density at radius 3 is 2.88 bits per heavy atom. The second-order valence-electron chi connectivity index (χ2n) is 3.30. The van der Waals surface area contributed by atoms with Crippen LogP contribution in [0.5, 0.6) is 0 Å². The zero-order chi connectivity index (χ0) is 12.0. The van der Waals surface area contributed by atoms with Gasteiger partial charge in [0, 0.05) is 17.2 Å². The smallest absolute Gasteiger partial charge is 0.252 e. The van der Waals surface area contributed by atoms with Gasteiger partial charge in [0.1, 0.15) is 0 Å². The second kappa shape index (κ2) is 6.82. The van der Waals surface area contributed by atoms with Crippen LogP contribution in [0.3, 0.4) is 0 Å². The Balaban J connectivity index is 2.50. The van der Waals surface area contributed by atoms with Crippen LogP contribution in [-0.2, 0) is 4.74 Å². The van der Waals surface area contributed by atoms with Crippen molar-refractivity contribution in [1.29, 1.82) is 0 Å². The molecule has 0 saturated heterocycles. The molecule has 0 aliphatic rings. The number of carbonyl (C=O) groups excluding carboxylic acids is 1. The summed E-state index contributed by atoms with van der Waals surface area (Å²) >= 11 is 2.10. The fraction of sp³-hybridized carbons (Fsp3) is 0.364. The van der Waals surface area contributed by atoms with Crippen molar-refractivity contribution in [2.75, 3.05) is 20.3 Å². The number of rotatable bonds is 5. The zero-order valence-electron chi connectivity index (χ0n) is 8.94. The number of halogens is 1. The normalized spacial score (nSPS) is 12.2. The first-order chi connectivity index (χ1) is 7.65. The minimum Gasteiger partial charge on any atom is -0.389 e. The van der Waals surface area contributed by atoms with Crippen molar-refractivity contribution in [2.45, 2.75) is 6.10 Å². The molecule has 1 amide bonds. The van der Waals surface area contributed by atoms with Crippen molar-refractivity contribution >= 4 is 28.5 Å². The monoisotopic (exact) mass is 335 g/mol. The molecule has 1 rings (SSSR count). The van der Waals surface area contributed by atoms with Crippen molar-refractivity contribution in [1.82, 2.24) is 5.32 Å². The Hall–Kier alpha value is -0.660. The Bertz CT molecular complexity index is 357. The quantitative estimate of drug-likeness (QED) is 0.791. The van der Waals surface area contributed by atoms with E-state index in [0.29, 0.717) is 5.56 Å². The fourth-order valence-electron chi connectivity index (χ4n) is 1.20. The molecule has 0 spiro atoms. The molecule has 2 N–H and O–H groups in total. The molecule has 4 nitrogen and oxygen atoms in total. The zero-order valence-corrected chi connectivity index (χ0v) is 11.1. The van der Waals surface area contributed by atoms with E-state index in [2.05, 4.69) is 27.9 Å². The average molecular weight is 335 g/mol. The van der Waals surface area contributed by atoms with Crippen LogP contribution in [0.2, 0.25) is 0 Å². The summed E-state index contributed by atoms with van der Waals surface area (Å²) in [4.78, 5) is 11.7. The lowest BCUT2D eigenvalue weighted by Crippen LogP contribution is -2.34. The summed E-state index contributed by atoms with van der Waals surface area (Å²) in [5, 5.41) is 12.0. The van der Waals surface area contributed by atoms with E-state index >= 15 is 0 Å². The molecule has 5 heteroatoms. The van der Waals surface area contributed by atoms with E-state index in [4.69, 9.17) is 4.74 Å². The molecule has 16 heavy (non-hydrogen) atoms. The van der Waals surface area contributed by atoms with E-state index in [-0.39, 0.29) is 19.1 Å². The number of aliphatic hydroxyl groups is 1. The number of ether oxygens (including phenoxy) is 1. The van der Waals surface area contributed by atoms with Gasteiger partial charge in [0.2, 0.25) is 0 Å². The van der Waals surface area contributed by atoms with Gasteiger partial charge in [0.15, 0.2) is 0 Å². The molecule has 88 valence electrons. The van der Waals surface area contributed by atoms with Crippen LogP contribution in [0.4, 0.5) is 0 Å². The van der Waals surface area contributed by atoms with Crippen LogP contribution >= 0.6 is 22.6 Å². The van der Waals surface area contributed by atoms with Crippen LogP contribution < -0.4 is 5.32 Å². The Kier molecular flexibility index (Phi) is 5.72. The molecule has 0 radical (unpaired) electrons. The van der Waals surface area contributed by atoms with Gasteiger partial charge in [-0.3, -0.25) is 4.79 Å². The Labute approximate surface area is 108 Å². The summed E-state index contributed by atoms with van der Waals surface area (Å²) in [5.41, 5.74) is 0.618. The van der Waals surface area contributed by atoms with Crippen LogP contribution in [0.1, 0.15) is 10.4 Å². The van der Waals surface area contributed by atoms with Gasteiger partial charge in [0.05, 0.1) is 18.3 Å². The van der Waals surface area contributed by atoms with E-state index in [1.54, 1.807) is 6.07 Å². The third kappa shape index (κ3) is 4.07. The summed E-state index contributed by atoms with van der Waals surface area (Å²) in [6.45, 7) is 0.407. The SMILES string of the molecule is COCC(O)CNC(=O)c1ccccc1I. The van der Waals surface area contributed by atoms with Crippen molar-refractivity contribution in [3.63, 3.8) is 0 Å². The summed E-state index contributed by atoms with van der Waals surface area (Å²) in [6.07, 6.45) is -0.671. The third-order valence-corrected chi connectivity index (χ3v) is 2.92. The van der Waals surface area contributed by atoms with Gasteiger partial charge in [-0.2, -0.15) is 0 Å². The molecule has 0 aliphatic carbocycles. The summed E-state index contributed by atoms with van der Waals surface area (Å²) < 4.78 is 5.65. The minimum atomic E-state index is -0.671. The number of benzene rings is 1. The van der Waals surface area contributed by atoms with Gasteiger partial charge in [-0.1, -0.05) is 12.1 Å². The number of nitrogens with one attached hydrogen (secondary N) is 1. The highest BCUT2D eigenvalue weighted by Crippen LogP contribution is 2.10. The predicted molar refractivity (Wildman–Crippen MR) is 69.4 cm³/mol. The molecule has 0 saturated carbocycles. The molecular formula is C11H14INO3. The summed E-state index contributed by atoms with van der Waals surface area (Å²) in [6, 6.07) is 7.29. The molecule has 1 aromatic rings. The Morgan fingerprint density at radius 2 is 2.25 bits per heavy atom. The van der Waals surface area contributed by atoms with E-state index < -0.39 is 6.10 Å². The van der Waals surface area contributed by atoms with Gasteiger partial charge < -0.3 is 15.2 Å². The number of methoxy groups -OCH3 is 1. The number of hydrogen-bond acceptors (Lipinski definition) is 3. The van der Waals surface area contributed by atoms with Crippen molar-refractivity contribution < 1.29 is 14.6 Å². The lowest BCUT2D eigenvalue weighted by molar-refractivity contribution is 0.0609. The van der Waals surface area contributed by atoms with E-state index in [1.807, 2.05) is 18.2 Å². The summed E-state index contributed by atoms with van der Waals surface area (Å²) in [5.74, 6) is -0.180. The first-order valence-corrected chi connectivity index (χ1v) is 5.92. The van der Waals surface area contributed by atoms with E-state index in [9.17, 15) is 9.90 Å². The van der Waals surface area contributed by atoms with Crippen molar-refractivity contribution in [3.05, 3.63) is 33.4 Å². The van der Waals surface area contributed by atoms with Gasteiger partial charge in [-0.25, -0.2) is 0 Å². The van der Waals surface area contributed by atoms with Crippen LogP contribution in [0.15, 0.2) is 24.3 Å². The van der Waals surface area contributed by atoms with Gasteiger partial charge in [-0.15, -0.1) is 0 Å². The number of carbonyl (C=O) groups is 1. The highest BCUT2D eigenvalue weighted by molar-refractivity contribution is 14.1. The number of aliphatic hydroxyl groups excluding tert-OH is 1. The standard InChI is InChI=1S/C11H14INO3/c1-16-7-8(14)6-13-11(15)9-4-2-3-5-10(9)12/h2-5,8,14H,6-7H2,1H3,(H,13,15). The largest absolute Gasteiger partial charge is 0.389 e. The lowest BCUT2D eigenvalue weighted by atomic mass is 10.2. The highest BCUT2D eigenvalue weighted by atomic mass is 127. The van der Waals surface area contributed by atoms with Crippen LogP contribution in [-0.4, -0.2) is 37.4 Å². The van der Waals surface area contributed by atoms with Crippen molar-refractivity contribution in [3.8, 4) is 0 Å². The molecule has 0 fully saturated rings. The second-order valence-corrected chi connectivity index (χ2v) is 4.46. The maximum atomic E-state index is 11.7. The van der Waals surface area contributed by atoms with Gasteiger partial charge in [0.25, 0.3) is 5.91 Å². The average Bonchev–Trinajstić information content (AvgIpc) is 2.27. The highest BCUT2D eigenvalue weighted by Gasteiger charge is 2.10. The first-order valence-electron chi connectivity index (χ1n) is 4.85. The maximum Gasteiger partial charge on any atom is 0.252 e. The molecule has 0 aromatic heterocycles. The molecule has 0 heterocycles.